The van der Waals surface area contributed by atoms with Gasteiger partial charge in [0.25, 0.3) is 5.91 Å². The van der Waals surface area contributed by atoms with E-state index < -0.39 is 21.8 Å². The Morgan fingerprint density at radius 2 is 1.88 bits per heavy atom. The molecule has 0 saturated heterocycles. The van der Waals surface area contributed by atoms with Crippen molar-refractivity contribution in [2.75, 3.05) is 11.6 Å². The van der Waals surface area contributed by atoms with Crippen molar-refractivity contribution in [2.45, 2.75) is 17.4 Å². The van der Waals surface area contributed by atoms with Gasteiger partial charge in [-0.15, -0.1) is 11.3 Å². The lowest BCUT2D eigenvalue weighted by Crippen LogP contribution is -2.45. The minimum atomic E-state index is -3.42. The summed E-state index contributed by atoms with van der Waals surface area (Å²) < 4.78 is 23.7. The molecule has 4 rings (SSSR count). The van der Waals surface area contributed by atoms with Crippen molar-refractivity contribution < 1.29 is 18.0 Å². The summed E-state index contributed by atoms with van der Waals surface area (Å²) in [6.07, 6.45) is 3.19. The summed E-state index contributed by atoms with van der Waals surface area (Å²) in [6.45, 7) is 0. The molecule has 1 atom stereocenters. The fraction of sp³-hybridized carbons (Fsp3) is 0.130. The van der Waals surface area contributed by atoms with Crippen molar-refractivity contribution in [1.29, 1.82) is 0 Å². The van der Waals surface area contributed by atoms with E-state index in [0.717, 1.165) is 22.7 Å². The fourth-order valence-corrected chi connectivity index (χ4v) is 4.69. The predicted octanol–water partition coefficient (Wildman–Crippen LogP) is 3.61. The van der Waals surface area contributed by atoms with Crippen LogP contribution in [0.3, 0.4) is 0 Å². The molecule has 0 radical (unpaired) electrons. The lowest BCUT2D eigenvalue weighted by molar-refractivity contribution is -0.118. The normalized spacial score (nSPS) is 12.4. The van der Waals surface area contributed by atoms with Gasteiger partial charge in [0.1, 0.15) is 6.04 Å². The summed E-state index contributed by atoms with van der Waals surface area (Å²) >= 11 is 1.29. The van der Waals surface area contributed by atoms with Crippen LogP contribution in [0.4, 0.5) is 5.69 Å². The van der Waals surface area contributed by atoms with E-state index in [1.165, 1.54) is 23.5 Å². The van der Waals surface area contributed by atoms with Crippen molar-refractivity contribution in [3.05, 3.63) is 82.7 Å². The third-order valence-corrected chi connectivity index (χ3v) is 6.97. The van der Waals surface area contributed by atoms with Crippen LogP contribution in [-0.4, -0.2) is 37.5 Å². The standard InChI is InChI=1S/C23H21N3O4S2/c1-32(29,30)17-7-4-6-16(13-17)25-22(27)20(26-23(28)21-10-5-11-31-21)12-15-14-24-19-9-3-2-8-18(15)19/h2-11,13-14,20,24H,12H2,1H3,(H,25,27)(H,26,28). The first-order valence-corrected chi connectivity index (χ1v) is 12.6. The van der Waals surface area contributed by atoms with Gasteiger partial charge in [0.05, 0.1) is 9.77 Å². The van der Waals surface area contributed by atoms with Crippen molar-refractivity contribution in [1.82, 2.24) is 10.3 Å². The number of aromatic amines is 1. The van der Waals surface area contributed by atoms with Crippen molar-refractivity contribution in [2.24, 2.45) is 0 Å². The summed E-state index contributed by atoms with van der Waals surface area (Å²) in [4.78, 5) is 29.6. The molecule has 0 bridgehead atoms. The van der Waals surface area contributed by atoms with Gasteiger partial charge >= 0.3 is 0 Å². The van der Waals surface area contributed by atoms with Crippen LogP contribution in [0.25, 0.3) is 10.9 Å². The van der Waals surface area contributed by atoms with E-state index in [0.29, 0.717) is 10.6 Å². The number of carbonyl (C=O) groups excluding carboxylic acids is 2. The van der Waals surface area contributed by atoms with Gasteiger partial charge in [0.2, 0.25) is 5.91 Å². The summed E-state index contributed by atoms with van der Waals surface area (Å²) in [5, 5.41) is 8.31. The molecular weight excluding hydrogens is 446 g/mol. The molecule has 0 fully saturated rings. The van der Waals surface area contributed by atoms with Crippen LogP contribution in [0.15, 0.2) is 77.1 Å². The number of para-hydroxylation sites is 1. The Hall–Kier alpha value is -3.43. The lowest BCUT2D eigenvalue weighted by atomic mass is 10.0. The van der Waals surface area contributed by atoms with Gasteiger partial charge in [0.15, 0.2) is 9.84 Å². The van der Waals surface area contributed by atoms with Crippen LogP contribution in [0, 0.1) is 0 Å². The highest BCUT2D eigenvalue weighted by atomic mass is 32.2. The van der Waals surface area contributed by atoms with E-state index in [1.807, 2.05) is 30.5 Å². The number of hydrogen-bond acceptors (Lipinski definition) is 5. The molecule has 2 heterocycles. The fourth-order valence-electron chi connectivity index (χ4n) is 3.40. The maximum atomic E-state index is 13.2. The quantitative estimate of drug-likeness (QED) is 0.386. The molecule has 0 spiro atoms. The molecule has 2 amide bonds. The molecular formula is C23H21N3O4S2. The Morgan fingerprint density at radius 1 is 1.06 bits per heavy atom. The van der Waals surface area contributed by atoms with Gasteiger partial charge in [-0.3, -0.25) is 9.59 Å². The molecule has 2 aromatic carbocycles. The minimum Gasteiger partial charge on any atom is -0.361 e. The maximum Gasteiger partial charge on any atom is 0.262 e. The van der Waals surface area contributed by atoms with Crippen molar-refractivity contribution in [3.63, 3.8) is 0 Å². The van der Waals surface area contributed by atoms with E-state index in [1.54, 1.807) is 29.6 Å². The Kier molecular flexibility index (Phi) is 6.11. The first-order chi connectivity index (χ1) is 15.3. The Labute approximate surface area is 189 Å². The number of anilines is 1. The van der Waals surface area contributed by atoms with Crippen LogP contribution < -0.4 is 10.6 Å². The first kappa shape index (κ1) is 21.8. The third-order valence-electron chi connectivity index (χ3n) is 5.00. The first-order valence-electron chi connectivity index (χ1n) is 9.81. The number of rotatable bonds is 7. The number of thiophene rings is 1. The molecule has 0 saturated carbocycles. The molecule has 0 aliphatic carbocycles. The van der Waals surface area contributed by atoms with Gasteiger partial charge in [-0.1, -0.05) is 30.3 Å². The van der Waals surface area contributed by atoms with Gasteiger partial charge in [-0.2, -0.15) is 0 Å². The molecule has 164 valence electrons. The summed E-state index contributed by atoms with van der Waals surface area (Å²) in [7, 11) is -3.42. The van der Waals surface area contributed by atoms with Crippen LogP contribution in [0.2, 0.25) is 0 Å². The van der Waals surface area contributed by atoms with Gasteiger partial charge in [-0.05, 0) is 41.3 Å². The zero-order valence-electron chi connectivity index (χ0n) is 17.2. The second-order valence-corrected chi connectivity index (χ2v) is 10.3. The van der Waals surface area contributed by atoms with E-state index >= 15 is 0 Å². The number of H-pyrrole nitrogens is 1. The van der Waals surface area contributed by atoms with Gasteiger partial charge in [0, 0.05) is 35.5 Å². The van der Waals surface area contributed by atoms with E-state index in [9.17, 15) is 18.0 Å². The van der Waals surface area contributed by atoms with Crippen LogP contribution in [-0.2, 0) is 21.1 Å². The molecule has 0 aliphatic rings. The number of aromatic nitrogens is 1. The molecule has 32 heavy (non-hydrogen) atoms. The van der Waals surface area contributed by atoms with E-state index in [-0.39, 0.29) is 17.2 Å². The highest BCUT2D eigenvalue weighted by molar-refractivity contribution is 7.90. The highest BCUT2D eigenvalue weighted by Gasteiger charge is 2.24. The number of nitrogens with one attached hydrogen (secondary N) is 3. The predicted molar refractivity (Wildman–Crippen MR) is 126 cm³/mol. The molecule has 2 aromatic heterocycles. The largest absolute Gasteiger partial charge is 0.361 e. The maximum absolute atomic E-state index is 13.2. The molecule has 9 heteroatoms. The number of benzene rings is 2. The van der Waals surface area contributed by atoms with Crippen molar-refractivity contribution >= 4 is 49.6 Å². The van der Waals surface area contributed by atoms with Crippen molar-refractivity contribution in [3.8, 4) is 0 Å². The topological polar surface area (TPSA) is 108 Å². The third kappa shape index (κ3) is 4.90. The van der Waals surface area contributed by atoms with Crippen LogP contribution >= 0.6 is 11.3 Å². The zero-order chi connectivity index (χ0) is 22.7. The van der Waals surface area contributed by atoms with Gasteiger partial charge < -0.3 is 15.6 Å². The Balaban J connectivity index is 1.60. The smallest absolute Gasteiger partial charge is 0.262 e. The molecule has 0 aliphatic heterocycles. The van der Waals surface area contributed by atoms with Gasteiger partial charge in [-0.25, -0.2) is 8.42 Å². The molecule has 7 nitrogen and oxygen atoms in total. The number of fused-ring (bicyclic) bond motifs is 1. The number of carbonyl (C=O) groups is 2. The summed E-state index contributed by atoms with van der Waals surface area (Å²) in [6, 6.07) is 16.3. The number of sulfone groups is 1. The zero-order valence-corrected chi connectivity index (χ0v) is 18.8. The molecule has 3 N–H and O–H groups in total. The highest BCUT2D eigenvalue weighted by Crippen LogP contribution is 2.21. The SMILES string of the molecule is CS(=O)(=O)c1cccc(NC(=O)C(Cc2c[nH]c3ccccc23)NC(=O)c2cccs2)c1. The molecule has 4 aromatic rings. The van der Waals surface area contributed by atoms with E-state index in [4.69, 9.17) is 0 Å². The average Bonchev–Trinajstić information content (AvgIpc) is 3.43. The van der Waals surface area contributed by atoms with Crippen LogP contribution in [0.1, 0.15) is 15.2 Å². The Morgan fingerprint density at radius 3 is 2.62 bits per heavy atom. The monoisotopic (exact) mass is 467 g/mol. The number of hydrogen-bond donors (Lipinski definition) is 3. The van der Waals surface area contributed by atoms with E-state index in [2.05, 4.69) is 15.6 Å². The average molecular weight is 468 g/mol. The minimum absolute atomic E-state index is 0.103. The molecule has 1 unspecified atom stereocenters. The Bertz CT molecular complexity index is 1380. The second-order valence-electron chi connectivity index (χ2n) is 7.36. The lowest BCUT2D eigenvalue weighted by Gasteiger charge is -2.18. The van der Waals surface area contributed by atoms with Crippen LogP contribution in [0.5, 0.6) is 0 Å². The second kappa shape index (κ2) is 8.97. The summed E-state index contributed by atoms with van der Waals surface area (Å²) in [5.74, 6) is -0.782. The number of amides is 2. The summed E-state index contributed by atoms with van der Waals surface area (Å²) in [5.41, 5.74) is 2.16.